The van der Waals surface area contributed by atoms with Crippen molar-refractivity contribution < 1.29 is 9.13 Å². The molecule has 1 aromatic heterocycles. The van der Waals surface area contributed by atoms with E-state index >= 15 is 0 Å². The second kappa shape index (κ2) is 7.45. The normalized spacial score (nSPS) is 17.6. The van der Waals surface area contributed by atoms with E-state index in [0.29, 0.717) is 6.61 Å². The van der Waals surface area contributed by atoms with Crippen molar-refractivity contribution in [2.45, 2.75) is 38.1 Å². The van der Waals surface area contributed by atoms with Crippen LogP contribution in [0.3, 0.4) is 0 Å². The number of rotatable bonds is 6. The van der Waals surface area contributed by atoms with E-state index in [1.165, 1.54) is 12.1 Å². The highest BCUT2D eigenvalue weighted by molar-refractivity contribution is 6.28. The third-order valence-electron chi connectivity index (χ3n) is 4.50. The number of benzene rings is 1. The molecule has 0 spiro atoms. The van der Waals surface area contributed by atoms with Crippen LogP contribution >= 0.6 is 11.6 Å². The quantitative estimate of drug-likeness (QED) is 0.794. The fraction of sp³-hybridized carbons (Fsp3) is 0.444. The SMILES string of the molecule is CCC(COC)Nc1nc(Cl)nc2c1CCC2c1ccc(F)cc1. The molecule has 4 nitrogen and oxygen atoms in total. The van der Waals surface area contributed by atoms with Gasteiger partial charge in [-0.1, -0.05) is 19.1 Å². The van der Waals surface area contributed by atoms with Crippen LogP contribution in [0.4, 0.5) is 10.2 Å². The number of anilines is 1. The highest BCUT2D eigenvalue weighted by atomic mass is 35.5. The Kier molecular flexibility index (Phi) is 5.31. The summed E-state index contributed by atoms with van der Waals surface area (Å²) < 4.78 is 18.4. The number of aromatic nitrogens is 2. The molecule has 0 aliphatic heterocycles. The van der Waals surface area contributed by atoms with Gasteiger partial charge in [-0.15, -0.1) is 0 Å². The van der Waals surface area contributed by atoms with E-state index in [0.717, 1.165) is 41.9 Å². The molecular formula is C18H21ClFN3O. The number of methoxy groups -OCH3 is 1. The zero-order valence-electron chi connectivity index (χ0n) is 13.9. The summed E-state index contributed by atoms with van der Waals surface area (Å²) in [5.41, 5.74) is 3.10. The fourth-order valence-electron chi connectivity index (χ4n) is 3.23. The first kappa shape index (κ1) is 17.1. The molecule has 1 aliphatic rings. The van der Waals surface area contributed by atoms with E-state index in [-0.39, 0.29) is 23.1 Å². The van der Waals surface area contributed by atoms with Gasteiger partial charge in [0.1, 0.15) is 11.6 Å². The Morgan fingerprint density at radius 2 is 2.08 bits per heavy atom. The van der Waals surface area contributed by atoms with E-state index in [1.807, 2.05) is 12.1 Å². The Labute approximate surface area is 146 Å². The average Bonchev–Trinajstić information content (AvgIpc) is 2.99. The van der Waals surface area contributed by atoms with Crippen LogP contribution in [0.15, 0.2) is 24.3 Å². The molecule has 1 heterocycles. The fourth-order valence-corrected chi connectivity index (χ4v) is 3.40. The molecule has 0 amide bonds. The molecule has 2 unspecified atom stereocenters. The lowest BCUT2D eigenvalue weighted by Crippen LogP contribution is -2.25. The van der Waals surface area contributed by atoms with Crippen molar-refractivity contribution in [2.75, 3.05) is 19.0 Å². The van der Waals surface area contributed by atoms with Crippen LogP contribution in [0.1, 0.15) is 42.5 Å². The minimum absolute atomic E-state index is 0.129. The maximum atomic E-state index is 13.2. The van der Waals surface area contributed by atoms with Crippen LogP contribution in [0.5, 0.6) is 0 Å². The predicted molar refractivity (Wildman–Crippen MR) is 93.2 cm³/mol. The molecule has 1 aliphatic carbocycles. The summed E-state index contributed by atoms with van der Waals surface area (Å²) in [5.74, 6) is 0.688. The second-order valence-corrected chi connectivity index (χ2v) is 6.39. The molecule has 0 saturated carbocycles. The van der Waals surface area contributed by atoms with Gasteiger partial charge in [-0.3, -0.25) is 0 Å². The van der Waals surface area contributed by atoms with Crippen molar-refractivity contribution in [3.05, 3.63) is 52.2 Å². The summed E-state index contributed by atoms with van der Waals surface area (Å²) in [4.78, 5) is 8.85. The number of nitrogens with one attached hydrogen (secondary N) is 1. The molecular weight excluding hydrogens is 329 g/mol. The van der Waals surface area contributed by atoms with Gasteiger partial charge in [0.25, 0.3) is 0 Å². The summed E-state index contributed by atoms with van der Waals surface area (Å²) in [6.45, 7) is 2.70. The Morgan fingerprint density at radius 1 is 1.33 bits per heavy atom. The van der Waals surface area contributed by atoms with Crippen molar-refractivity contribution in [2.24, 2.45) is 0 Å². The van der Waals surface area contributed by atoms with E-state index in [1.54, 1.807) is 7.11 Å². The number of fused-ring (bicyclic) bond motifs is 1. The summed E-state index contributed by atoms with van der Waals surface area (Å²) in [6.07, 6.45) is 2.72. The van der Waals surface area contributed by atoms with Crippen molar-refractivity contribution in [3.8, 4) is 0 Å². The lowest BCUT2D eigenvalue weighted by molar-refractivity contribution is 0.184. The molecule has 1 aromatic carbocycles. The molecule has 0 fully saturated rings. The lowest BCUT2D eigenvalue weighted by atomic mass is 9.97. The molecule has 2 aromatic rings. The third-order valence-corrected chi connectivity index (χ3v) is 4.67. The van der Waals surface area contributed by atoms with Crippen molar-refractivity contribution in [1.82, 2.24) is 9.97 Å². The lowest BCUT2D eigenvalue weighted by Gasteiger charge is -2.19. The van der Waals surface area contributed by atoms with Gasteiger partial charge in [0.2, 0.25) is 5.28 Å². The van der Waals surface area contributed by atoms with Gasteiger partial charge in [0.05, 0.1) is 18.3 Å². The Morgan fingerprint density at radius 3 is 2.75 bits per heavy atom. The number of nitrogens with zero attached hydrogens (tertiary/aromatic N) is 2. The topological polar surface area (TPSA) is 47.0 Å². The molecule has 128 valence electrons. The Hall–Kier alpha value is -1.72. The van der Waals surface area contributed by atoms with E-state index in [2.05, 4.69) is 22.2 Å². The number of halogens is 2. The molecule has 6 heteroatoms. The van der Waals surface area contributed by atoms with Crippen LogP contribution in [-0.4, -0.2) is 29.7 Å². The average molecular weight is 350 g/mol. The van der Waals surface area contributed by atoms with Gasteiger partial charge in [-0.25, -0.2) is 14.4 Å². The molecule has 24 heavy (non-hydrogen) atoms. The Balaban J connectivity index is 1.93. The molecule has 0 bridgehead atoms. The number of hydrogen-bond donors (Lipinski definition) is 1. The first-order chi connectivity index (χ1) is 11.6. The van der Waals surface area contributed by atoms with E-state index in [4.69, 9.17) is 16.3 Å². The summed E-state index contributed by atoms with van der Waals surface area (Å²) in [7, 11) is 1.69. The van der Waals surface area contributed by atoms with Crippen molar-refractivity contribution in [1.29, 1.82) is 0 Å². The van der Waals surface area contributed by atoms with Crippen LogP contribution in [-0.2, 0) is 11.2 Å². The van der Waals surface area contributed by atoms with Crippen LogP contribution in [0.2, 0.25) is 5.28 Å². The van der Waals surface area contributed by atoms with Gasteiger partial charge in [-0.2, -0.15) is 0 Å². The third kappa shape index (κ3) is 3.52. The van der Waals surface area contributed by atoms with E-state index < -0.39 is 0 Å². The molecule has 0 saturated heterocycles. The van der Waals surface area contributed by atoms with Crippen LogP contribution < -0.4 is 5.32 Å². The molecule has 3 rings (SSSR count). The first-order valence-corrected chi connectivity index (χ1v) is 8.57. The standard InChI is InChI=1S/C18H21ClFN3O/c1-3-13(10-24-2)21-17-15-9-8-14(16(15)22-18(19)23-17)11-4-6-12(20)7-5-11/h4-7,13-14H,3,8-10H2,1-2H3,(H,21,22,23). The van der Waals surface area contributed by atoms with Gasteiger partial charge >= 0.3 is 0 Å². The van der Waals surface area contributed by atoms with E-state index in [9.17, 15) is 4.39 Å². The van der Waals surface area contributed by atoms with Gasteiger partial charge in [0, 0.05) is 18.6 Å². The van der Waals surface area contributed by atoms with Crippen molar-refractivity contribution >= 4 is 17.4 Å². The largest absolute Gasteiger partial charge is 0.383 e. The highest BCUT2D eigenvalue weighted by Gasteiger charge is 2.29. The minimum Gasteiger partial charge on any atom is -0.383 e. The second-order valence-electron chi connectivity index (χ2n) is 6.05. The summed E-state index contributed by atoms with van der Waals surface area (Å²) in [5, 5.41) is 3.67. The molecule has 2 atom stereocenters. The Bertz CT molecular complexity index is 708. The maximum absolute atomic E-state index is 13.2. The summed E-state index contributed by atoms with van der Waals surface area (Å²) in [6, 6.07) is 6.78. The van der Waals surface area contributed by atoms with Gasteiger partial charge in [0.15, 0.2) is 0 Å². The zero-order chi connectivity index (χ0) is 17.1. The van der Waals surface area contributed by atoms with Gasteiger partial charge in [-0.05, 0) is 48.6 Å². The smallest absolute Gasteiger partial charge is 0.224 e. The van der Waals surface area contributed by atoms with Crippen LogP contribution in [0, 0.1) is 5.82 Å². The van der Waals surface area contributed by atoms with Gasteiger partial charge < -0.3 is 10.1 Å². The first-order valence-electron chi connectivity index (χ1n) is 8.19. The monoisotopic (exact) mass is 349 g/mol. The molecule has 0 radical (unpaired) electrons. The van der Waals surface area contributed by atoms with Crippen molar-refractivity contribution in [3.63, 3.8) is 0 Å². The zero-order valence-corrected chi connectivity index (χ0v) is 14.6. The predicted octanol–water partition coefficient (Wildman–Crippen LogP) is 4.18. The molecule has 1 N–H and O–H groups in total. The number of hydrogen-bond acceptors (Lipinski definition) is 4. The maximum Gasteiger partial charge on any atom is 0.224 e. The minimum atomic E-state index is -0.231. The van der Waals surface area contributed by atoms with Crippen LogP contribution in [0.25, 0.3) is 0 Å². The number of ether oxygens (including phenoxy) is 1. The highest BCUT2D eigenvalue weighted by Crippen LogP contribution is 2.40. The summed E-state index contributed by atoms with van der Waals surface area (Å²) >= 11 is 6.16.